The molecule has 1 saturated carbocycles. The van der Waals surface area contributed by atoms with E-state index in [4.69, 9.17) is 0 Å². The zero-order valence-electron chi connectivity index (χ0n) is 18.2. The summed E-state index contributed by atoms with van der Waals surface area (Å²) < 4.78 is 83.0. The number of aliphatic hydroxyl groups excluding tert-OH is 1. The number of sulfonamides is 1. The van der Waals surface area contributed by atoms with Crippen molar-refractivity contribution in [2.24, 2.45) is 5.92 Å². The van der Waals surface area contributed by atoms with Gasteiger partial charge in [-0.15, -0.1) is 0 Å². The quantitative estimate of drug-likeness (QED) is 0.546. The van der Waals surface area contributed by atoms with Crippen LogP contribution in [0.4, 0.5) is 17.6 Å². The lowest BCUT2D eigenvalue weighted by Crippen LogP contribution is -2.53. The number of carbonyl (C=O) groups excluding carboxylic acids is 1. The third kappa shape index (κ3) is 4.69. The molecule has 2 aromatic rings. The largest absolute Gasteiger partial charge is 0.381 e. The second-order valence-electron chi connectivity index (χ2n) is 8.64. The number of hydrogen-bond donors (Lipinski definition) is 2. The Morgan fingerprint density at radius 1 is 1.21 bits per heavy atom. The molecule has 6 nitrogen and oxygen atoms in total. The summed E-state index contributed by atoms with van der Waals surface area (Å²) in [5, 5.41) is 9.82. The molecule has 1 aliphatic carbocycles. The Hall–Kier alpha value is -2.50. The fourth-order valence-electron chi connectivity index (χ4n) is 4.75. The van der Waals surface area contributed by atoms with E-state index in [2.05, 4.69) is 4.72 Å². The standard InChI is InChI=1S/C23H24F4N2O4S/c1-2-34(32,33)28-22-17-10-18(17)29(23(31)20(30)11-24)19(22)8-12-4-3-5-16(21(12)27)13-6-14(25)9-15(26)7-13/h3-7,9,17-20,22,28,30H,2,8,10-11H2,1H3/t17?,18?,19?,20-,22?/m1/s1. The van der Waals surface area contributed by atoms with Crippen LogP contribution in [-0.2, 0) is 21.2 Å². The molecule has 0 aromatic heterocycles. The van der Waals surface area contributed by atoms with Crippen molar-refractivity contribution in [2.75, 3.05) is 12.4 Å². The van der Waals surface area contributed by atoms with E-state index in [-0.39, 0.29) is 34.8 Å². The van der Waals surface area contributed by atoms with E-state index in [9.17, 15) is 31.5 Å². The third-order valence-corrected chi connectivity index (χ3v) is 7.85. The van der Waals surface area contributed by atoms with Crippen LogP contribution >= 0.6 is 0 Å². The Kier molecular flexibility index (Phi) is 6.71. The molecule has 2 aliphatic rings. The van der Waals surface area contributed by atoms with E-state index in [1.807, 2.05) is 0 Å². The number of likely N-dealkylation sites (tertiary alicyclic amines) is 1. The molecule has 5 atom stereocenters. The lowest BCUT2D eigenvalue weighted by molar-refractivity contribution is -0.143. The number of benzene rings is 2. The highest BCUT2D eigenvalue weighted by molar-refractivity contribution is 7.89. The van der Waals surface area contributed by atoms with Crippen LogP contribution < -0.4 is 4.72 Å². The van der Waals surface area contributed by atoms with Crippen molar-refractivity contribution >= 4 is 15.9 Å². The molecule has 4 rings (SSSR count). The highest BCUT2D eigenvalue weighted by Crippen LogP contribution is 2.49. The Morgan fingerprint density at radius 3 is 2.50 bits per heavy atom. The van der Waals surface area contributed by atoms with Crippen LogP contribution in [0.5, 0.6) is 0 Å². The van der Waals surface area contributed by atoms with Gasteiger partial charge in [-0.1, -0.05) is 18.2 Å². The Balaban J connectivity index is 1.71. The molecule has 34 heavy (non-hydrogen) atoms. The first-order valence-corrected chi connectivity index (χ1v) is 12.5. The van der Waals surface area contributed by atoms with Gasteiger partial charge in [0.25, 0.3) is 5.91 Å². The van der Waals surface area contributed by atoms with Crippen molar-refractivity contribution < 1.29 is 35.9 Å². The highest BCUT2D eigenvalue weighted by atomic mass is 32.2. The molecule has 2 fully saturated rings. The summed E-state index contributed by atoms with van der Waals surface area (Å²) in [6.45, 7) is 0.146. The SMILES string of the molecule is CCS(=O)(=O)NC1C2CC2N(C(=O)[C@H](O)CF)C1Cc1cccc(-c2cc(F)cc(F)c2)c1F. The van der Waals surface area contributed by atoms with Crippen molar-refractivity contribution in [3.8, 4) is 11.1 Å². The molecule has 2 N–H and O–H groups in total. The first-order valence-electron chi connectivity index (χ1n) is 10.9. The van der Waals surface area contributed by atoms with Crippen LogP contribution in [0.15, 0.2) is 36.4 Å². The zero-order valence-corrected chi connectivity index (χ0v) is 19.0. The lowest BCUT2D eigenvalue weighted by Gasteiger charge is -2.33. The Bertz CT molecular complexity index is 1190. The van der Waals surface area contributed by atoms with Gasteiger partial charge in [-0.3, -0.25) is 4.79 Å². The minimum Gasteiger partial charge on any atom is -0.381 e. The fourth-order valence-corrected chi connectivity index (χ4v) is 5.67. The maximum Gasteiger partial charge on any atom is 0.254 e. The number of aliphatic hydroxyl groups is 1. The molecule has 4 unspecified atom stereocenters. The summed E-state index contributed by atoms with van der Waals surface area (Å²) in [4.78, 5) is 14.0. The van der Waals surface area contributed by atoms with E-state index < -0.39 is 64.3 Å². The number of rotatable bonds is 8. The molecule has 11 heteroatoms. The molecule has 184 valence electrons. The number of piperidine rings is 1. The predicted molar refractivity (Wildman–Crippen MR) is 116 cm³/mol. The van der Waals surface area contributed by atoms with Crippen molar-refractivity contribution in [2.45, 2.75) is 44.0 Å². The first kappa shape index (κ1) is 24.6. The smallest absolute Gasteiger partial charge is 0.254 e. The topological polar surface area (TPSA) is 86.7 Å². The minimum atomic E-state index is -3.68. The second-order valence-corrected chi connectivity index (χ2v) is 10.7. The van der Waals surface area contributed by atoms with Gasteiger partial charge in [0.15, 0.2) is 6.10 Å². The monoisotopic (exact) mass is 500 g/mol. The zero-order chi connectivity index (χ0) is 24.8. The van der Waals surface area contributed by atoms with Gasteiger partial charge in [0.05, 0.1) is 11.8 Å². The summed E-state index contributed by atoms with van der Waals surface area (Å²) >= 11 is 0. The molecular formula is C23H24F4N2O4S. The van der Waals surface area contributed by atoms with Crippen LogP contribution in [0, 0.1) is 23.4 Å². The van der Waals surface area contributed by atoms with Crippen LogP contribution in [-0.4, -0.2) is 61.0 Å². The molecule has 0 spiro atoms. The van der Waals surface area contributed by atoms with Gasteiger partial charge in [-0.25, -0.2) is 30.7 Å². The third-order valence-electron chi connectivity index (χ3n) is 6.46. The molecule has 1 saturated heterocycles. The van der Waals surface area contributed by atoms with Gasteiger partial charge in [0.1, 0.15) is 24.1 Å². The summed E-state index contributed by atoms with van der Waals surface area (Å²) in [5.74, 6) is -3.86. The first-order chi connectivity index (χ1) is 16.1. The van der Waals surface area contributed by atoms with E-state index in [0.29, 0.717) is 12.5 Å². The number of nitrogens with zero attached hydrogens (tertiary/aromatic N) is 1. The van der Waals surface area contributed by atoms with E-state index in [0.717, 1.165) is 12.1 Å². The fraction of sp³-hybridized carbons (Fsp3) is 0.435. The van der Waals surface area contributed by atoms with Crippen molar-refractivity contribution in [3.05, 3.63) is 59.4 Å². The minimum absolute atomic E-state index is 0.0184. The van der Waals surface area contributed by atoms with Crippen LogP contribution in [0.25, 0.3) is 11.1 Å². The summed E-state index contributed by atoms with van der Waals surface area (Å²) in [5.41, 5.74) is 0.00302. The molecule has 1 heterocycles. The average molecular weight is 501 g/mol. The number of nitrogens with one attached hydrogen (secondary N) is 1. The number of halogens is 4. The van der Waals surface area contributed by atoms with Crippen LogP contribution in [0.2, 0.25) is 0 Å². The average Bonchev–Trinajstić information content (AvgIpc) is 3.51. The molecule has 0 bridgehead atoms. The number of hydrogen-bond acceptors (Lipinski definition) is 4. The number of fused-ring (bicyclic) bond motifs is 1. The normalized spacial score (nSPS) is 24.7. The number of alkyl halides is 1. The molecule has 1 amide bonds. The summed E-state index contributed by atoms with van der Waals surface area (Å²) in [7, 11) is -3.68. The van der Waals surface area contributed by atoms with Gasteiger partial charge in [0.2, 0.25) is 10.0 Å². The van der Waals surface area contributed by atoms with Crippen molar-refractivity contribution in [1.29, 1.82) is 0 Å². The lowest BCUT2D eigenvalue weighted by atomic mass is 9.94. The Morgan fingerprint density at radius 2 is 1.88 bits per heavy atom. The van der Waals surface area contributed by atoms with Gasteiger partial charge < -0.3 is 10.0 Å². The molecule has 0 radical (unpaired) electrons. The van der Waals surface area contributed by atoms with E-state index in [1.54, 1.807) is 0 Å². The molecular weight excluding hydrogens is 476 g/mol. The summed E-state index contributed by atoms with van der Waals surface area (Å²) in [6, 6.07) is 4.88. The summed E-state index contributed by atoms with van der Waals surface area (Å²) in [6.07, 6.45) is -1.58. The van der Waals surface area contributed by atoms with Gasteiger partial charge in [-0.2, -0.15) is 0 Å². The van der Waals surface area contributed by atoms with Gasteiger partial charge in [-0.05, 0) is 48.9 Å². The van der Waals surface area contributed by atoms with Crippen LogP contribution in [0.1, 0.15) is 18.9 Å². The van der Waals surface area contributed by atoms with Gasteiger partial charge >= 0.3 is 0 Å². The maximum absolute atomic E-state index is 15.5. The second kappa shape index (κ2) is 9.27. The van der Waals surface area contributed by atoms with E-state index >= 15 is 4.39 Å². The maximum atomic E-state index is 15.5. The molecule has 2 aromatic carbocycles. The highest BCUT2D eigenvalue weighted by Gasteiger charge is 2.61. The van der Waals surface area contributed by atoms with Crippen molar-refractivity contribution in [3.63, 3.8) is 0 Å². The van der Waals surface area contributed by atoms with Crippen LogP contribution in [0.3, 0.4) is 0 Å². The number of carbonyl (C=O) groups is 1. The van der Waals surface area contributed by atoms with Crippen molar-refractivity contribution in [1.82, 2.24) is 9.62 Å². The van der Waals surface area contributed by atoms with Gasteiger partial charge in [0, 0.05) is 23.7 Å². The molecule has 1 aliphatic heterocycles. The predicted octanol–water partition coefficient (Wildman–Crippen LogP) is 2.55. The van der Waals surface area contributed by atoms with E-state index in [1.165, 1.54) is 30.0 Å². The number of amides is 1. The Labute approximate surface area is 194 Å².